The number of aromatic amines is 1. The third-order valence-electron chi connectivity index (χ3n) is 4.10. The lowest BCUT2D eigenvalue weighted by molar-refractivity contribution is -0.120. The van der Waals surface area contributed by atoms with E-state index >= 15 is 0 Å². The molecule has 0 aliphatic heterocycles. The molecule has 1 heterocycles. The number of fused-ring (bicyclic) bond motifs is 1. The maximum atomic E-state index is 12.2. The van der Waals surface area contributed by atoms with Gasteiger partial charge in [0.25, 0.3) is 5.56 Å². The molecule has 134 valence electrons. The van der Waals surface area contributed by atoms with Crippen molar-refractivity contribution in [2.24, 2.45) is 0 Å². The average Bonchev–Trinajstić information content (AvgIpc) is 2.61. The van der Waals surface area contributed by atoms with Gasteiger partial charge in [-0.15, -0.1) is 0 Å². The monoisotopic (exact) mass is 370 g/mol. The number of amides is 1. The average molecular weight is 371 g/mol. The molecule has 0 unspecified atom stereocenters. The van der Waals surface area contributed by atoms with Crippen molar-refractivity contribution >= 4 is 28.4 Å². The van der Waals surface area contributed by atoms with Crippen LogP contribution in [0.3, 0.4) is 0 Å². The van der Waals surface area contributed by atoms with Crippen molar-refractivity contribution in [3.63, 3.8) is 0 Å². The van der Waals surface area contributed by atoms with Gasteiger partial charge in [-0.2, -0.15) is 0 Å². The Hall–Kier alpha value is -2.79. The van der Waals surface area contributed by atoms with Crippen LogP contribution in [-0.4, -0.2) is 24.5 Å². The van der Waals surface area contributed by atoms with Crippen molar-refractivity contribution in [3.8, 4) is 5.75 Å². The van der Waals surface area contributed by atoms with Crippen LogP contribution in [0.2, 0.25) is 5.02 Å². The second-order valence-corrected chi connectivity index (χ2v) is 6.42. The van der Waals surface area contributed by atoms with Gasteiger partial charge >= 0.3 is 0 Å². The quantitative estimate of drug-likeness (QED) is 0.700. The number of methoxy groups -OCH3 is 1. The minimum atomic E-state index is -0.158. The standard InChI is InChI=1S/C20H19ClN2O3/c1-26-17-6-5-14-11-15(20(25)23-18(14)12-17)7-8-22-19(24)10-13-3-2-4-16(21)9-13/h2-6,9,11-12H,7-8,10H2,1H3,(H,22,24)(H,23,25). The van der Waals surface area contributed by atoms with Crippen LogP contribution in [0.4, 0.5) is 0 Å². The first-order valence-electron chi connectivity index (χ1n) is 8.26. The number of rotatable bonds is 6. The maximum Gasteiger partial charge on any atom is 0.251 e. The molecule has 0 saturated carbocycles. The van der Waals surface area contributed by atoms with E-state index in [0.717, 1.165) is 16.5 Å². The number of pyridine rings is 1. The number of carbonyl (C=O) groups is 1. The fourth-order valence-corrected chi connectivity index (χ4v) is 2.98. The van der Waals surface area contributed by atoms with E-state index in [1.807, 2.05) is 30.3 Å². The second kappa shape index (κ2) is 8.06. The van der Waals surface area contributed by atoms with E-state index in [1.165, 1.54) is 0 Å². The SMILES string of the molecule is COc1ccc2cc(CCNC(=O)Cc3cccc(Cl)c3)c(=O)[nH]c2c1. The molecule has 26 heavy (non-hydrogen) atoms. The maximum absolute atomic E-state index is 12.2. The molecule has 6 heteroatoms. The zero-order valence-corrected chi connectivity index (χ0v) is 15.1. The summed E-state index contributed by atoms with van der Waals surface area (Å²) in [6.07, 6.45) is 0.715. The highest BCUT2D eigenvalue weighted by Crippen LogP contribution is 2.18. The third kappa shape index (κ3) is 4.43. The first kappa shape index (κ1) is 18.0. The van der Waals surface area contributed by atoms with Gasteiger partial charge in [-0.1, -0.05) is 23.7 Å². The van der Waals surface area contributed by atoms with Gasteiger partial charge in [0.2, 0.25) is 5.91 Å². The number of ether oxygens (including phenoxy) is 1. The summed E-state index contributed by atoms with van der Waals surface area (Å²) >= 11 is 5.92. The van der Waals surface area contributed by atoms with Crippen molar-refractivity contribution in [1.82, 2.24) is 10.3 Å². The smallest absolute Gasteiger partial charge is 0.251 e. The molecule has 0 spiro atoms. The zero-order chi connectivity index (χ0) is 18.5. The number of hydrogen-bond donors (Lipinski definition) is 2. The molecular weight excluding hydrogens is 352 g/mol. The Morgan fingerprint density at radius 3 is 2.81 bits per heavy atom. The number of halogens is 1. The van der Waals surface area contributed by atoms with Crippen molar-refractivity contribution in [3.05, 3.63) is 75.0 Å². The summed E-state index contributed by atoms with van der Waals surface area (Å²) in [7, 11) is 1.58. The molecule has 0 aliphatic rings. The fraction of sp³-hybridized carbons (Fsp3) is 0.200. The molecule has 5 nitrogen and oxygen atoms in total. The van der Waals surface area contributed by atoms with Crippen molar-refractivity contribution in [2.75, 3.05) is 13.7 Å². The lowest BCUT2D eigenvalue weighted by atomic mass is 10.1. The van der Waals surface area contributed by atoms with Gasteiger partial charge in [-0.05, 0) is 47.7 Å². The molecule has 0 bridgehead atoms. The van der Waals surface area contributed by atoms with E-state index in [0.29, 0.717) is 29.3 Å². The molecular formula is C20H19ClN2O3. The number of benzene rings is 2. The molecule has 2 aromatic carbocycles. The summed E-state index contributed by atoms with van der Waals surface area (Å²) in [5, 5.41) is 4.37. The van der Waals surface area contributed by atoms with Gasteiger partial charge in [0, 0.05) is 23.2 Å². The highest BCUT2D eigenvalue weighted by Gasteiger charge is 2.07. The summed E-state index contributed by atoms with van der Waals surface area (Å²) in [4.78, 5) is 27.1. The van der Waals surface area contributed by atoms with Crippen LogP contribution < -0.4 is 15.6 Å². The number of hydrogen-bond acceptors (Lipinski definition) is 3. The minimum Gasteiger partial charge on any atom is -0.497 e. The largest absolute Gasteiger partial charge is 0.497 e. The molecule has 2 N–H and O–H groups in total. The predicted octanol–water partition coefficient (Wildman–Crippen LogP) is 3.09. The lowest BCUT2D eigenvalue weighted by Gasteiger charge is -2.07. The molecule has 3 rings (SSSR count). The first-order valence-corrected chi connectivity index (χ1v) is 8.64. The van der Waals surface area contributed by atoms with E-state index in [9.17, 15) is 9.59 Å². The van der Waals surface area contributed by atoms with Crippen LogP contribution in [0.5, 0.6) is 5.75 Å². The molecule has 0 fully saturated rings. The topological polar surface area (TPSA) is 71.2 Å². The molecule has 3 aromatic rings. The van der Waals surface area contributed by atoms with Crippen LogP contribution in [-0.2, 0) is 17.6 Å². The van der Waals surface area contributed by atoms with Gasteiger partial charge in [0.1, 0.15) is 5.75 Å². The summed E-state index contributed by atoms with van der Waals surface area (Å²) in [6, 6.07) is 14.6. The fourth-order valence-electron chi connectivity index (χ4n) is 2.77. The molecule has 0 saturated heterocycles. The molecule has 0 aliphatic carbocycles. The summed E-state index contributed by atoms with van der Waals surface area (Å²) < 4.78 is 5.16. The van der Waals surface area contributed by atoms with Crippen molar-refractivity contribution in [2.45, 2.75) is 12.8 Å². The van der Waals surface area contributed by atoms with E-state index in [1.54, 1.807) is 25.3 Å². The highest BCUT2D eigenvalue weighted by atomic mass is 35.5. The number of nitrogens with one attached hydrogen (secondary N) is 2. The Morgan fingerprint density at radius 1 is 1.19 bits per heavy atom. The first-order chi connectivity index (χ1) is 12.5. The second-order valence-electron chi connectivity index (χ2n) is 5.98. The van der Waals surface area contributed by atoms with Gasteiger partial charge in [-0.25, -0.2) is 0 Å². The van der Waals surface area contributed by atoms with E-state index in [4.69, 9.17) is 16.3 Å². The third-order valence-corrected chi connectivity index (χ3v) is 4.34. The summed E-state index contributed by atoms with van der Waals surface area (Å²) in [5.41, 5.74) is 2.05. The van der Waals surface area contributed by atoms with Crippen LogP contribution >= 0.6 is 11.6 Å². The number of carbonyl (C=O) groups excluding carboxylic acids is 1. The number of H-pyrrole nitrogens is 1. The summed E-state index contributed by atoms with van der Waals surface area (Å²) in [6.45, 7) is 0.393. The molecule has 1 amide bonds. The van der Waals surface area contributed by atoms with Crippen LogP contribution in [0, 0.1) is 0 Å². The van der Waals surface area contributed by atoms with E-state index < -0.39 is 0 Å². The van der Waals surface area contributed by atoms with Gasteiger partial charge in [0.15, 0.2) is 0 Å². The predicted molar refractivity (Wildman–Crippen MR) is 103 cm³/mol. The van der Waals surface area contributed by atoms with E-state index in [2.05, 4.69) is 10.3 Å². The van der Waals surface area contributed by atoms with E-state index in [-0.39, 0.29) is 17.9 Å². The molecule has 0 atom stereocenters. The Bertz CT molecular complexity index is 998. The lowest BCUT2D eigenvalue weighted by Crippen LogP contribution is -2.28. The van der Waals surface area contributed by atoms with Crippen LogP contribution in [0.1, 0.15) is 11.1 Å². The van der Waals surface area contributed by atoms with Crippen LogP contribution in [0.15, 0.2) is 53.3 Å². The zero-order valence-electron chi connectivity index (χ0n) is 14.3. The van der Waals surface area contributed by atoms with Gasteiger partial charge < -0.3 is 15.0 Å². The highest BCUT2D eigenvalue weighted by molar-refractivity contribution is 6.30. The Kier molecular flexibility index (Phi) is 5.58. The minimum absolute atomic E-state index is 0.103. The van der Waals surface area contributed by atoms with Gasteiger partial charge in [-0.3, -0.25) is 9.59 Å². The Morgan fingerprint density at radius 2 is 2.04 bits per heavy atom. The van der Waals surface area contributed by atoms with Crippen molar-refractivity contribution < 1.29 is 9.53 Å². The Balaban J connectivity index is 1.61. The van der Waals surface area contributed by atoms with Crippen LogP contribution in [0.25, 0.3) is 10.9 Å². The Labute approximate surface area is 156 Å². The summed E-state index contributed by atoms with van der Waals surface area (Å²) in [5.74, 6) is 0.586. The number of aromatic nitrogens is 1. The van der Waals surface area contributed by atoms with Gasteiger partial charge in [0.05, 0.1) is 19.0 Å². The van der Waals surface area contributed by atoms with Crippen molar-refractivity contribution in [1.29, 1.82) is 0 Å². The normalized spacial score (nSPS) is 10.7. The molecule has 1 aromatic heterocycles. The molecule has 0 radical (unpaired) electrons.